The van der Waals surface area contributed by atoms with Crippen LogP contribution in [0.1, 0.15) is 59.5 Å². The standard InChI is InChI=1S/C13H17ClN4O4.C12H14ClFN4O3.C11H14ClN5O3.C10H13ClN2O5/c1-3-21-11-8-10(15-5-16-11)18(6-17-8)12-13(2,14)9(20)7(4-19)22-12;1-12(13)8(20)6(3-19)21-11(12)18-2-5(14)7-9(15)16-4-17-10(7)18;1-11(12)7(19)5(2-18)20-10(11)17-4-16-6-8(13)14-3-15-9(6)17;1-10(11)7(16)5(4-14)18-8(10)13-3-2-6(15)12-9(13)17/h5-7,9,12,19-20H,3-4H2,1-2H3;2,4,6,8,11,19-20H,3H2,1H3,(H2,15,16,17);3-5,7,10,18-19H,2H2,1H3,(H2,13,14,15);2-3,5,7-8,14,16H,4H2,1H3,(H,12,15,17)/t7-,9-,12-,13-;6-,8-,11-,12-;5-,7-,10-,11-;5-,7-,8-,10-/m1111/s1. The third-order valence-corrected chi connectivity index (χ3v) is 15.7. The van der Waals surface area contributed by atoms with Gasteiger partial charge in [-0.25, -0.2) is 44.1 Å². The topological polar surface area (TPSA) is 433 Å². The number of aliphatic hydroxyl groups excluding tert-OH is 8. The minimum Gasteiger partial charge on any atom is -0.476 e. The van der Waals surface area contributed by atoms with Gasteiger partial charge in [0.25, 0.3) is 5.56 Å². The number of halogens is 5. The fourth-order valence-electron chi connectivity index (χ4n) is 9.59. The zero-order valence-electron chi connectivity index (χ0n) is 43.4. The number of nitrogens with two attached hydrogens (primary N) is 2. The number of nitrogens with zero attached hydrogens (tertiary/aromatic N) is 12. The van der Waals surface area contributed by atoms with Crippen LogP contribution >= 0.6 is 46.4 Å². The summed E-state index contributed by atoms with van der Waals surface area (Å²) in [5, 5.41) is 77.2. The summed E-state index contributed by atoms with van der Waals surface area (Å²) in [6.07, 6.45) is -1.64. The molecule has 35 heteroatoms. The molecule has 13 N–H and O–H groups in total. The van der Waals surface area contributed by atoms with Gasteiger partial charge >= 0.3 is 5.69 Å². The number of nitrogens with one attached hydrogen (secondary N) is 1. The van der Waals surface area contributed by atoms with Gasteiger partial charge in [-0.2, -0.15) is 4.98 Å². The fraction of sp³-hybridized carbons (Fsp3) is 0.565. The summed E-state index contributed by atoms with van der Waals surface area (Å²) in [5.41, 5.74) is 12.2. The van der Waals surface area contributed by atoms with Crippen LogP contribution < -0.4 is 27.5 Å². The van der Waals surface area contributed by atoms with Crippen molar-refractivity contribution in [1.82, 2.24) is 63.1 Å². The Hall–Kier alpha value is -5.59. The highest BCUT2D eigenvalue weighted by Gasteiger charge is 2.56. The molecule has 0 bridgehead atoms. The maximum absolute atomic E-state index is 14.1. The molecule has 4 saturated heterocycles. The lowest BCUT2D eigenvalue weighted by Crippen LogP contribution is -2.42. The van der Waals surface area contributed by atoms with E-state index in [-0.39, 0.29) is 35.9 Å². The highest BCUT2D eigenvalue weighted by molar-refractivity contribution is 6.25. The first-order valence-corrected chi connectivity index (χ1v) is 26.1. The smallest absolute Gasteiger partial charge is 0.330 e. The Bertz CT molecular complexity index is 3460. The van der Waals surface area contributed by atoms with Crippen LogP contribution in [0.15, 0.2) is 59.7 Å². The van der Waals surface area contributed by atoms with Crippen LogP contribution in [0.25, 0.3) is 33.4 Å². The molecule has 0 spiro atoms. The summed E-state index contributed by atoms with van der Waals surface area (Å²) >= 11 is 25.3. The number of aromatic amines is 1. The number of ether oxygens (including phenoxy) is 5. The third-order valence-electron chi connectivity index (χ3n) is 14.0. The minimum absolute atomic E-state index is 0.00443. The van der Waals surface area contributed by atoms with Gasteiger partial charge in [0.1, 0.15) is 98.6 Å². The number of alkyl halides is 4. The zero-order chi connectivity index (χ0) is 59.3. The molecule has 7 aromatic rings. The molecule has 11 heterocycles. The second kappa shape index (κ2) is 23.9. The van der Waals surface area contributed by atoms with E-state index in [0.717, 1.165) is 16.8 Å². The Labute approximate surface area is 476 Å². The van der Waals surface area contributed by atoms with E-state index < -0.39 is 124 Å². The molecule has 81 heavy (non-hydrogen) atoms. The number of aliphatic hydroxyl groups is 8. The van der Waals surface area contributed by atoms with Crippen molar-refractivity contribution in [3.63, 3.8) is 0 Å². The number of rotatable bonds is 10. The zero-order valence-corrected chi connectivity index (χ0v) is 46.5. The summed E-state index contributed by atoms with van der Waals surface area (Å²) in [5.74, 6) is 0.0212. The molecule has 4 aliphatic heterocycles. The van der Waals surface area contributed by atoms with Crippen LogP contribution in [0, 0.1) is 5.82 Å². The van der Waals surface area contributed by atoms with Crippen molar-refractivity contribution < 1.29 is 68.9 Å². The highest BCUT2D eigenvalue weighted by atomic mass is 35.5. The molecule has 4 aliphatic rings. The normalized spacial score (nSPS) is 33.5. The largest absolute Gasteiger partial charge is 0.476 e. The molecule has 0 aromatic carbocycles. The Balaban J connectivity index is 0.000000142. The lowest BCUT2D eigenvalue weighted by atomic mass is 10.0. The Morgan fingerprint density at radius 3 is 1.42 bits per heavy atom. The Morgan fingerprint density at radius 1 is 0.593 bits per heavy atom. The third kappa shape index (κ3) is 11.2. The van der Waals surface area contributed by atoms with Crippen molar-refractivity contribution in [2.24, 2.45) is 0 Å². The molecule has 4 fully saturated rings. The number of aromatic nitrogens is 13. The molecule has 16 atom stereocenters. The average molecular weight is 1220 g/mol. The van der Waals surface area contributed by atoms with Gasteiger partial charge in [0.15, 0.2) is 59.0 Å². The van der Waals surface area contributed by atoms with Gasteiger partial charge < -0.3 is 80.6 Å². The SMILES string of the molecule is CCOc1ncnc2c1ncn2[C@@H]1O[C@H](CO)[C@@H](O)[C@@]1(C)Cl.C[C@@]1(Cl)[C@H](O)[C@@H](CO)O[C@H]1n1cc(F)c2c(N)ncnc21.C[C@@]1(Cl)[C@H](O)[C@@H](CO)O[C@H]1n1ccc(=O)[nH]c1=O.C[C@@]1(Cl)[C@H](O)[C@@H](CO)O[C@H]1n1cnc2c(N)ncnc21. The number of nitrogen functional groups attached to an aromatic ring is 2. The van der Waals surface area contributed by atoms with E-state index in [1.165, 1.54) is 49.3 Å². The average Bonchev–Trinajstić information content (AvgIpc) is 4.45. The monoisotopic (exact) mass is 1220 g/mol. The first-order chi connectivity index (χ1) is 38.2. The van der Waals surface area contributed by atoms with Crippen LogP contribution in [0.5, 0.6) is 5.88 Å². The summed E-state index contributed by atoms with van der Waals surface area (Å²) in [7, 11) is 0. The summed E-state index contributed by atoms with van der Waals surface area (Å²) in [6, 6.07) is 1.15. The number of imidazole rings is 2. The van der Waals surface area contributed by atoms with Crippen molar-refractivity contribution in [1.29, 1.82) is 0 Å². The first-order valence-electron chi connectivity index (χ1n) is 24.6. The van der Waals surface area contributed by atoms with E-state index >= 15 is 0 Å². The van der Waals surface area contributed by atoms with E-state index in [1.807, 2.05) is 6.92 Å². The van der Waals surface area contributed by atoms with Crippen molar-refractivity contribution >= 4 is 91.4 Å². The van der Waals surface area contributed by atoms with Gasteiger partial charge in [-0.1, -0.05) is 0 Å². The van der Waals surface area contributed by atoms with Crippen molar-refractivity contribution in [3.05, 3.63) is 76.8 Å². The molecule has 0 saturated carbocycles. The molecule has 0 aliphatic carbocycles. The van der Waals surface area contributed by atoms with E-state index in [9.17, 15) is 49.7 Å². The van der Waals surface area contributed by atoms with E-state index in [0.29, 0.717) is 34.8 Å². The Kier molecular flexibility index (Phi) is 18.2. The number of H-pyrrole nitrogens is 1. The van der Waals surface area contributed by atoms with Gasteiger partial charge in [-0.15, -0.1) is 46.4 Å². The maximum Gasteiger partial charge on any atom is 0.330 e. The van der Waals surface area contributed by atoms with Gasteiger partial charge in [0.05, 0.1) is 51.1 Å². The molecular weight excluding hydrogens is 1160 g/mol. The summed E-state index contributed by atoms with van der Waals surface area (Å²) < 4.78 is 47.3. The maximum atomic E-state index is 14.1. The molecule has 0 unspecified atom stereocenters. The second-order valence-electron chi connectivity index (χ2n) is 19.6. The lowest BCUT2D eigenvalue weighted by molar-refractivity contribution is -0.0470. The van der Waals surface area contributed by atoms with E-state index in [1.54, 1.807) is 29.9 Å². The van der Waals surface area contributed by atoms with Crippen LogP contribution in [-0.4, -0.2) is 205 Å². The van der Waals surface area contributed by atoms with E-state index in [2.05, 4.69) is 44.9 Å². The van der Waals surface area contributed by atoms with Gasteiger partial charge in [-0.05, 0) is 34.6 Å². The predicted octanol–water partition coefficient (Wildman–Crippen LogP) is -0.685. The molecule has 0 amide bonds. The highest BCUT2D eigenvalue weighted by Crippen LogP contribution is 2.47. The lowest BCUT2D eigenvalue weighted by Gasteiger charge is -2.26. The predicted molar refractivity (Wildman–Crippen MR) is 284 cm³/mol. The van der Waals surface area contributed by atoms with Gasteiger partial charge in [0.2, 0.25) is 5.88 Å². The van der Waals surface area contributed by atoms with Crippen LogP contribution in [0.3, 0.4) is 0 Å². The second-order valence-corrected chi connectivity index (χ2v) is 22.9. The molecule has 442 valence electrons. The van der Waals surface area contributed by atoms with Crippen LogP contribution in [0.2, 0.25) is 0 Å². The fourth-order valence-corrected chi connectivity index (χ4v) is 10.8. The summed E-state index contributed by atoms with van der Waals surface area (Å²) in [6.45, 7) is 7.16. The molecule has 7 aromatic heterocycles. The molecule has 30 nitrogen and oxygen atoms in total. The minimum atomic E-state index is -1.28. The number of hydrogen-bond donors (Lipinski definition) is 11. The summed E-state index contributed by atoms with van der Waals surface area (Å²) in [4.78, 5) is 52.2. The number of hydrogen-bond acceptors (Lipinski definition) is 25. The molecule has 0 radical (unpaired) electrons. The quantitative estimate of drug-likeness (QED) is 0.0755. The van der Waals surface area contributed by atoms with Gasteiger partial charge in [-0.3, -0.25) is 23.5 Å². The van der Waals surface area contributed by atoms with Crippen molar-refractivity contribution in [2.75, 3.05) is 44.5 Å². The first kappa shape index (κ1) is 61.5. The van der Waals surface area contributed by atoms with Gasteiger partial charge in [0, 0.05) is 18.5 Å². The van der Waals surface area contributed by atoms with Crippen LogP contribution in [-0.2, 0) is 18.9 Å². The van der Waals surface area contributed by atoms with Crippen molar-refractivity contribution in [3.8, 4) is 5.88 Å². The van der Waals surface area contributed by atoms with Crippen molar-refractivity contribution in [2.45, 2.75) is 128 Å². The number of fused-ring (bicyclic) bond motifs is 3. The molecular formula is C46H58Cl4FN15O15. The van der Waals surface area contributed by atoms with E-state index in [4.69, 9.17) is 86.7 Å². The van der Waals surface area contributed by atoms with Crippen LogP contribution in [0.4, 0.5) is 16.0 Å². The Morgan fingerprint density at radius 2 is 0.988 bits per heavy atom. The molecule has 11 rings (SSSR count). The number of anilines is 2.